The first-order valence-electron chi connectivity index (χ1n) is 30.9. The Morgan fingerprint density at radius 3 is 0.705 bits per heavy atom. The van der Waals surface area contributed by atoms with Crippen LogP contribution in [0, 0.1) is 20.8 Å². The second kappa shape index (κ2) is 23.7. The van der Waals surface area contributed by atoms with E-state index in [0.717, 1.165) is 0 Å². The first-order valence-corrected chi connectivity index (χ1v) is 75.3. The highest BCUT2D eigenvalue weighted by Crippen LogP contribution is 2.51. The summed E-state index contributed by atoms with van der Waals surface area (Å²) in [4.78, 5) is 6.54. The fourth-order valence-electron chi connectivity index (χ4n) is 18.5. The van der Waals surface area contributed by atoms with Crippen molar-refractivity contribution in [2.75, 3.05) is 0 Å². The van der Waals surface area contributed by atoms with E-state index in [1.54, 1.807) is 43.8 Å². The van der Waals surface area contributed by atoms with Crippen molar-refractivity contribution < 1.29 is 0 Å². The largest absolute Gasteiger partial charge is 0.213 e. The lowest BCUT2D eigenvalue weighted by atomic mass is 10.0. The number of aryl methyl sites for hydroxylation is 3. The van der Waals surface area contributed by atoms with Gasteiger partial charge >= 0.3 is 0 Å². The van der Waals surface area contributed by atoms with E-state index >= 15 is 0 Å². The van der Waals surface area contributed by atoms with Gasteiger partial charge in [0.05, 0.1) is 5.69 Å². The summed E-state index contributed by atoms with van der Waals surface area (Å²) in [6.07, 6.45) is 0. The van der Waals surface area contributed by atoms with Gasteiger partial charge in [-0.3, -0.25) is 0 Å². The fourth-order valence-corrected chi connectivity index (χ4v) is 98.0. The minimum absolute atomic E-state index is 0.562. The maximum atomic E-state index is 6.54. The topological polar surface area (TPSA) is 12.4 Å². The molecule has 0 bridgehead atoms. The molecule has 78 heavy (non-hydrogen) atoms. The second-order valence-electron chi connectivity index (χ2n) is 38.5. The fraction of sp³-hybridized carbons (Fsp3) is 0.703. The Hall–Kier alpha value is 0.0595. The van der Waals surface area contributed by atoms with Gasteiger partial charge in [0.15, 0.2) is 8.41 Å². The van der Waals surface area contributed by atoms with Crippen LogP contribution in [0.2, 0.25) is 236 Å². The number of nitrogens with zero attached hydrogens (tertiary/aromatic N) is 1. The van der Waals surface area contributed by atoms with Crippen molar-refractivity contribution in [3.63, 3.8) is 0 Å². The summed E-state index contributed by atoms with van der Waals surface area (Å²) in [7, 11) is -23.3. The van der Waals surface area contributed by atoms with Crippen molar-refractivity contribution in [2.24, 2.45) is 4.99 Å². The van der Waals surface area contributed by atoms with Crippen LogP contribution in [0.15, 0.2) is 41.4 Å². The Labute approximate surface area is 501 Å². The minimum Gasteiger partial charge on any atom is -0.213 e. The third-order valence-corrected chi connectivity index (χ3v) is 75.7. The predicted molar refractivity (Wildman–Crippen MR) is 402 cm³/mol. The number of aliphatic imine (C=N–C) groups is 1. The van der Waals surface area contributed by atoms with Crippen molar-refractivity contribution in [3.8, 4) is 0 Å². The number of hydrogen-bond donors (Lipinski definition) is 0. The van der Waals surface area contributed by atoms with Crippen LogP contribution in [-0.2, 0) is 0 Å². The first-order chi connectivity index (χ1) is 34.1. The molecule has 0 saturated heterocycles. The molecule has 0 N–H and O–H groups in total. The Balaban J connectivity index is 3.36. The third-order valence-electron chi connectivity index (χ3n) is 17.2. The van der Waals surface area contributed by atoms with Gasteiger partial charge in [0.1, 0.15) is 0 Å². The molecule has 0 unspecified atom stereocenters. The van der Waals surface area contributed by atoms with Crippen molar-refractivity contribution in [1.29, 1.82) is 0 Å². The van der Waals surface area contributed by atoms with Gasteiger partial charge in [-0.1, -0.05) is 278 Å². The molecule has 3 aromatic rings. The van der Waals surface area contributed by atoms with Crippen molar-refractivity contribution >= 4 is 127 Å². The Kier molecular flexibility index (Phi) is 22.0. The molecule has 0 atom stereocenters. The van der Waals surface area contributed by atoms with Crippen LogP contribution in [0.4, 0.5) is 5.69 Å². The van der Waals surface area contributed by atoms with Gasteiger partial charge in [0.25, 0.3) is 0 Å². The lowest BCUT2D eigenvalue weighted by molar-refractivity contribution is 1.08. The molecular weight excluding hydrogens is 1150 g/mol. The van der Waals surface area contributed by atoms with E-state index in [1.807, 2.05) is 0 Å². The van der Waals surface area contributed by atoms with Gasteiger partial charge < -0.3 is 0 Å². The van der Waals surface area contributed by atoms with Crippen LogP contribution in [0.3, 0.4) is 0 Å². The maximum absolute atomic E-state index is 6.54. The third kappa shape index (κ3) is 17.4. The molecule has 0 saturated carbocycles. The van der Waals surface area contributed by atoms with Crippen LogP contribution in [0.5, 0.6) is 0 Å². The Morgan fingerprint density at radius 2 is 0.487 bits per heavy atom. The monoisotopic (exact) mass is 1280 g/mol. The van der Waals surface area contributed by atoms with Gasteiger partial charge in [0.2, 0.25) is 0 Å². The number of rotatable bonds is 21. The SMILES string of the molecule is Cc1cc(C)c([Si](=C=Nc2c(C([Si](C)(C)C)[Si](C)(C)C)cc(C([Si](C)(C)C)[Si](C)(C)C)cc2C([Si](C)(C)C)[Si](C)(C)C)c2c(C([Si](C)(C)C)[Si](C)(C)C)cc(C([Si](C)(C)C)[Si](C)(C)C)cc2C([Si](C)(C)C)[Si](C)(C)C)c(C)c1. The van der Waals surface area contributed by atoms with E-state index in [1.165, 1.54) is 22.4 Å². The molecule has 0 aliphatic heterocycles. The van der Waals surface area contributed by atoms with Gasteiger partial charge in [-0.15, -0.1) is 0 Å². The minimum atomic E-state index is -1.85. The molecule has 0 amide bonds. The number of hydrogen-bond acceptors (Lipinski definition) is 1. The normalized spacial score (nSPS) is 14.7. The zero-order chi connectivity index (χ0) is 61.6. The van der Waals surface area contributed by atoms with Gasteiger partial charge in [-0.2, -0.15) is 0 Å². The van der Waals surface area contributed by atoms with Crippen LogP contribution in [0.25, 0.3) is 0 Å². The molecule has 14 heteroatoms. The molecule has 3 rings (SSSR count). The van der Waals surface area contributed by atoms with Gasteiger partial charge in [-0.25, -0.2) is 4.99 Å². The molecular formula is C64H129NSi13. The molecule has 3 aromatic carbocycles. The van der Waals surface area contributed by atoms with Crippen LogP contribution in [0.1, 0.15) is 81.1 Å². The Bertz CT molecular complexity index is 2470. The van der Waals surface area contributed by atoms with Crippen LogP contribution in [-0.4, -0.2) is 111 Å². The second-order valence-corrected chi connectivity index (χ2v) is 108. The van der Waals surface area contributed by atoms with E-state index in [0.29, 0.717) is 31.0 Å². The molecule has 0 radical (unpaired) electrons. The van der Waals surface area contributed by atoms with Gasteiger partial charge in [-0.05, 0) is 112 Å². The standard InChI is InChI=1S/C64H129NSi13/c1-47-40-48(2)57(49(3)41-47)66(58-54(63(75(28,29)30)76(31,32)33)44-51(60(69(10,11)12)70(13,14)15)45-55(58)64(77(34,35)36)78(37,38)39)46-65-56-52(61(71(16,17)18)72(19,20)21)42-50(59(67(4,5)6)68(7,8)9)43-53(56)62(73(22,23)24)74(25,26)27/h40-45,59-64H,1-39H3. The maximum Gasteiger partial charge on any atom is 0.162 e. The summed E-state index contributed by atoms with van der Waals surface area (Å²) < 4.78 is 0. The average molecular weight is 1280 g/mol. The van der Waals surface area contributed by atoms with Crippen molar-refractivity contribution in [1.82, 2.24) is 0 Å². The summed E-state index contributed by atoms with van der Waals surface area (Å²) in [5.74, 6) is 0. The van der Waals surface area contributed by atoms with E-state index in [2.05, 4.69) is 298 Å². The highest BCUT2D eigenvalue weighted by atomic mass is 28.4. The number of benzene rings is 3. The quantitative estimate of drug-likeness (QED) is 0.0745. The van der Waals surface area contributed by atoms with Crippen LogP contribution < -0.4 is 10.4 Å². The molecule has 1 nitrogen and oxygen atoms in total. The lowest BCUT2D eigenvalue weighted by Gasteiger charge is -2.46. The summed E-state index contributed by atoms with van der Waals surface area (Å²) in [5, 5.41) is 6.96. The van der Waals surface area contributed by atoms with E-state index in [4.69, 9.17) is 4.99 Å². The summed E-state index contributed by atoms with van der Waals surface area (Å²) in [6, 6.07) is 16.8. The molecule has 442 valence electrons. The van der Waals surface area contributed by atoms with E-state index in [9.17, 15) is 0 Å². The van der Waals surface area contributed by atoms with E-state index in [-0.39, 0.29) is 0 Å². The predicted octanol–water partition coefficient (Wildman–Crippen LogP) is 21.1. The van der Waals surface area contributed by atoms with Crippen molar-refractivity contribution in [3.05, 3.63) is 86.5 Å². The zero-order valence-electron chi connectivity index (χ0n) is 59.4. The summed E-state index contributed by atoms with van der Waals surface area (Å²) in [5.41, 5.74) is 20.6. The smallest absolute Gasteiger partial charge is 0.162 e. The first kappa shape index (κ1) is 72.3. The molecule has 0 aromatic heterocycles. The molecule has 0 spiro atoms. The zero-order valence-corrected chi connectivity index (χ0v) is 72.4. The highest BCUT2D eigenvalue weighted by molar-refractivity contribution is 7.01. The molecule has 0 heterocycles. The molecule has 0 aliphatic carbocycles. The summed E-state index contributed by atoms with van der Waals surface area (Å²) >= 11 is 0. The lowest BCUT2D eigenvalue weighted by Crippen LogP contribution is -2.55. The average Bonchev–Trinajstić information content (AvgIpc) is 3.06. The van der Waals surface area contributed by atoms with Gasteiger partial charge in [0, 0.05) is 96.9 Å². The molecule has 0 fully saturated rings. The summed E-state index contributed by atoms with van der Waals surface area (Å²) in [6.45, 7) is 105. The Morgan fingerprint density at radius 1 is 0.282 bits per heavy atom. The molecule has 0 aliphatic rings. The van der Waals surface area contributed by atoms with Crippen LogP contribution >= 0.6 is 0 Å². The highest BCUT2D eigenvalue weighted by Gasteiger charge is 2.50. The van der Waals surface area contributed by atoms with Crippen molar-refractivity contribution in [2.45, 2.75) is 287 Å². The van der Waals surface area contributed by atoms with E-state index < -0.39 is 105 Å².